The van der Waals surface area contributed by atoms with E-state index >= 15 is 0 Å². The third-order valence-electron chi connectivity index (χ3n) is 2.88. The number of benzene rings is 1. The van der Waals surface area contributed by atoms with Crippen LogP contribution in [-0.4, -0.2) is 18.4 Å². The van der Waals surface area contributed by atoms with Crippen LogP contribution in [-0.2, 0) is 4.79 Å². The summed E-state index contributed by atoms with van der Waals surface area (Å²) in [5.41, 5.74) is 1.09. The van der Waals surface area contributed by atoms with Gasteiger partial charge in [0.15, 0.2) is 5.78 Å². The Bertz CT molecular complexity index is 360. The van der Waals surface area contributed by atoms with Crippen molar-refractivity contribution in [2.24, 2.45) is 0 Å². The normalized spacial score (nSPS) is 20.7. The molecule has 1 atom stereocenters. The lowest BCUT2D eigenvalue weighted by Gasteiger charge is -2.24. The van der Waals surface area contributed by atoms with Gasteiger partial charge in [0, 0.05) is 17.3 Å². The molecule has 0 radical (unpaired) electrons. The molecule has 0 unspecified atom stereocenters. The molecule has 15 heavy (non-hydrogen) atoms. The third kappa shape index (κ3) is 2.15. The monoisotopic (exact) mass is 223 g/mol. The molecule has 0 saturated carbocycles. The van der Waals surface area contributed by atoms with Crippen LogP contribution in [0.4, 0.5) is 5.69 Å². The predicted octanol–water partition coefficient (Wildman–Crippen LogP) is 2.90. The molecule has 0 spiro atoms. The Balaban J connectivity index is 2.22. The van der Waals surface area contributed by atoms with E-state index < -0.39 is 0 Å². The molecule has 0 N–H and O–H groups in total. The molecule has 1 aliphatic heterocycles. The zero-order valence-corrected chi connectivity index (χ0v) is 9.50. The molecule has 2 nitrogen and oxygen atoms in total. The molecule has 1 aliphatic rings. The minimum Gasteiger partial charge on any atom is -0.361 e. The standard InChI is InChI=1S/C12H14ClNO/c1-9(15)12-3-2-8-14(12)11-6-4-10(13)5-7-11/h4-7,12H,2-3,8H2,1H3/t12-/m0/s1. The van der Waals surface area contributed by atoms with Crippen molar-refractivity contribution < 1.29 is 4.79 Å². The average Bonchev–Trinajstić information content (AvgIpc) is 2.67. The number of halogens is 1. The van der Waals surface area contributed by atoms with Crippen molar-refractivity contribution >= 4 is 23.1 Å². The summed E-state index contributed by atoms with van der Waals surface area (Å²) in [4.78, 5) is 13.6. The topological polar surface area (TPSA) is 20.3 Å². The molecule has 1 saturated heterocycles. The molecule has 2 rings (SSSR count). The highest BCUT2D eigenvalue weighted by molar-refractivity contribution is 6.30. The van der Waals surface area contributed by atoms with E-state index in [-0.39, 0.29) is 11.8 Å². The van der Waals surface area contributed by atoms with E-state index in [2.05, 4.69) is 4.90 Å². The summed E-state index contributed by atoms with van der Waals surface area (Å²) >= 11 is 5.83. The fourth-order valence-electron chi connectivity index (χ4n) is 2.13. The SMILES string of the molecule is CC(=O)[C@@H]1CCCN1c1ccc(Cl)cc1. The number of anilines is 1. The van der Waals surface area contributed by atoms with E-state index in [1.54, 1.807) is 6.92 Å². The number of carbonyl (C=O) groups is 1. The molecular weight excluding hydrogens is 210 g/mol. The van der Waals surface area contributed by atoms with Gasteiger partial charge in [-0.2, -0.15) is 0 Å². The van der Waals surface area contributed by atoms with Gasteiger partial charge in [-0.3, -0.25) is 4.79 Å². The van der Waals surface area contributed by atoms with Gasteiger partial charge in [-0.25, -0.2) is 0 Å². The maximum atomic E-state index is 11.4. The lowest BCUT2D eigenvalue weighted by Crippen LogP contribution is -2.34. The highest BCUT2D eigenvalue weighted by Gasteiger charge is 2.27. The Morgan fingerprint density at radius 1 is 1.40 bits per heavy atom. The van der Waals surface area contributed by atoms with E-state index in [0.29, 0.717) is 0 Å². The van der Waals surface area contributed by atoms with E-state index in [9.17, 15) is 4.79 Å². The van der Waals surface area contributed by atoms with Gasteiger partial charge in [0.1, 0.15) is 0 Å². The Hall–Kier alpha value is -1.02. The second kappa shape index (κ2) is 4.23. The molecular formula is C12H14ClNO. The fourth-order valence-corrected chi connectivity index (χ4v) is 2.26. The van der Waals surface area contributed by atoms with Crippen LogP contribution in [0.1, 0.15) is 19.8 Å². The first-order valence-electron chi connectivity index (χ1n) is 5.21. The maximum Gasteiger partial charge on any atom is 0.152 e. The first-order chi connectivity index (χ1) is 7.18. The molecule has 1 aromatic rings. The summed E-state index contributed by atoms with van der Waals surface area (Å²) in [6, 6.07) is 7.75. The van der Waals surface area contributed by atoms with Crippen molar-refractivity contribution in [3.63, 3.8) is 0 Å². The second-order valence-electron chi connectivity index (χ2n) is 3.94. The third-order valence-corrected chi connectivity index (χ3v) is 3.13. The van der Waals surface area contributed by atoms with Gasteiger partial charge >= 0.3 is 0 Å². The van der Waals surface area contributed by atoms with Gasteiger partial charge in [-0.15, -0.1) is 0 Å². The van der Waals surface area contributed by atoms with Crippen LogP contribution < -0.4 is 4.90 Å². The number of ketones is 1. The number of carbonyl (C=O) groups excluding carboxylic acids is 1. The Morgan fingerprint density at radius 2 is 2.07 bits per heavy atom. The van der Waals surface area contributed by atoms with Crippen molar-refractivity contribution in [2.45, 2.75) is 25.8 Å². The average molecular weight is 224 g/mol. The summed E-state index contributed by atoms with van der Waals surface area (Å²) in [7, 11) is 0. The minimum absolute atomic E-state index is 0.0613. The molecule has 1 heterocycles. The second-order valence-corrected chi connectivity index (χ2v) is 4.37. The Morgan fingerprint density at radius 3 is 2.67 bits per heavy atom. The Labute approximate surface area is 94.8 Å². The van der Waals surface area contributed by atoms with Gasteiger partial charge in [0.25, 0.3) is 0 Å². The lowest BCUT2D eigenvalue weighted by atomic mass is 10.1. The lowest BCUT2D eigenvalue weighted by molar-refractivity contribution is -0.118. The van der Waals surface area contributed by atoms with Crippen LogP contribution in [0.25, 0.3) is 0 Å². The largest absolute Gasteiger partial charge is 0.361 e. The fraction of sp³-hybridized carbons (Fsp3) is 0.417. The maximum absolute atomic E-state index is 11.4. The number of Topliss-reactive ketones (excluding diaryl/α,β-unsaturated/α-hetero) is 1. The van der Waals surface area contributed by atoms with Crippen LogP contribution in [0, 0.1) is 0 Å². The van der Waals surface area contributed by atoms with Crippen molar-refractivity contribution in [1.29, 1.82) is 0 Å². The number of hydrogen-bond donors (Lipinski definition) is 0. The van der Waals surface area contributed by atoms with Gasteiger partial charge in [0.05, 0.1) is 6.04 Å². The van der Waals surface area contributed by atoms with Crippen LogP contribution in [0.5, 0.6) is 0 Å². The van der Waals surface area contributed by atoms with Crippen LogP contribution in [0.3, 0.4) is 0 Å². The molecule has 0 bridgehead atoms. The minimum atomic E-state index is 0.0613. The van der Waals surface area contributed by atoms with Crippen molar-refractivity contribution in [1.82, 2.24) is 0 Å². The summed E-state index contributed by atoms with van der Waals surface area (Å²) in [5, 5.41) is 0.734. The smallest absolute Gasteiger partial charge is 0.152 e. The van der Waals surface area contributed by atoms with Gasteiger partial charge < -0.3 is 4.90 Å². The van der Waals surface area contributed by atoms with Gasteiger partial charge in [0.2, 0.25) is 0 Å². The quantitative estimate of drug-likeness (QED) is 0.769. The van der Waals surface area contributed by atoms with Gasteiger partial charge in [-0.1, -0.05) is 11.6 Å². The van der Waals surface area contributed by atoms with Crippen molar-refractivity contribution in [2.75, 3.05) is 11.4 Å². The molecule has 0 aromatic heterocycles. The zero-order chi connectivity index (χ0) is 10.8. The first-order valence-corrected chi connectivity index (χ1v) is 5.59. The summed E-state index contributed by atoms with van der Waals surface area (Å²) < 4.78 is 0. The number of rotatable bonds is 2. The van der Waals surface area contributed by atoms with Gasteiger partial charge in [-0.05, 0) is 44.0 Å². The zero-order valence-electron chi connectivity index (χ0n) is 8.74. The number of nitrogens with zero attached hydrogens (tertiary/aromatic N) is 1. The predicted molar refractivity (Wildman–Crippen MR) is 62.5 cm³/mol. The number of hydrogen-bond acceptors (Lipinski definition) is 2. The van der Waals surface area contributed by atoms with E-state index in [1.807, 2.05) is 24.3 Å². The van der Waals surface area contributed by atoms with E-state index in [1.165, 1.54) is 0 Å². The molecule has 1 fully saturated rings. The first kappa shape index (κ1) is 10.5. The molecule has 0 amide bonds. The molecule has 3 heteroatoms. The summed E-state index contributed by atoms with van der Waals surface area (Å²) in [6.07, 6.45) is 2.06. The summed E-state index contributed by atoms with van der Waals surface area (Å²) in [6.45, 7) is 2.63. The van der Waals surface area contributed by atoms with Crippen molar-refractivity contribution in [3.8, 4) is 0 Å². The molecule has 1 aromatic carbocycles. The van der Waals surface area contributed by atoms with E-state index in [4.69, 9.17) is 11.6 Å². The van der Waals surface area contributed by atoms with Crippen LogP contribution in [0.15, 0.2) is 24.3 Å². The summed E-state index contributed by atoms with van der Waals surface area (Å²) in [5.74, 6) is 0.252. The van der Waals surface area contributed by atoms with E-state index in [0.717, 1.165) is 30.1 Å². The van der Waals surface area contributed by atoms with Crippen molar-refractivity contribution in [3.05, 3.63) is 29.3 Å². The Kier molecular flexibility index (Phi) is 2.96. The highest BCUT2D eigenvalue weighted by Crippen LogP contribution is 2.26. The molecule has 0 aliphatic carbocycles. The highest BCUT2D eigenvalue weighted by atomic mass is 35.5. The molecule has 80 valence electrons. The van der Waals surface area contributed by atoms with Crippen LogP contribution in [0.2, 0.25) is 5.02 Å². The van der Waals surface area contributed by atoms with Crippen LogP contribution >= 0.6 is 11.6 Å².